The summed E-state index contributed by atoms with van der Waals surface area (Å²) in [5.41, 5.74) is 5.88. The minimum absolute atomic E-state index is 0. The van der Waals surface area contributed by atoms with Gasteiger partial charge in [0.15, 0.2) is 0 Å². The molecule has 1 amide bonds. The van der Waals surface area contributed by atoms with Crippen molar-refractivity contribution in [1.29, 1.82) is 0 Å². The Kier molecular flexibility index (Phi) is 9.55. The fraction of sp³-hybridized carbons (Fsp3) is 0.350. The van der Waals surface area contributed by atoms with Crippen LogP contribution in [0.2, 0.25) is 0 Å². The van der Waals surface area contributed by atoms with Gasteiger partial charge in [-0.3, -0.25) is 9.69 Å². The maximum atomic E-state index is 13.1. The number of benzene rings is 2. The van der Waals surface area contributed by atoms with Crippen LogP contribution in [0.25, 0.3) is 0 Å². The van der Waals surface area contributed by atoms with Gasteiger partial charge in [0.1, 0.15) is 5.82 Å². The number of carbonyl (C=O) groups is 1. The number of nitrogens with one attached hydrogen (secondary N) is 1. The van der Waals surface area contributed by atoms with Crippen molar-refractivity contribution in [2.24, 2.45) is 5.73 Å². The van der Waals surface area contributed by atoms with E-state index in [1.165, 1.54) is 18.2 Å². The van der Waals surface area contributed by atoms with E-state index in [4.69, 9.17) is 5.73 Å². The highest BCUT2D eigenvalue weighted by Gasteiger charge is 2.33. The Hall–Kier alpha value is -1.87. The lowest BCUT2D eigenvalue weighted by atomic mass is 10.1. The second kappa shape index (κ2) is 10.9. The van der Waals surface area contributed by atoms with E-state index in [9.17, 15) is 22.4 Å². The molecule has 1 aliphatic rings. The number of hydrogen-bond acceptors (Lipinski definition) is 3. The largest absolute Gasteiger partial charge is 0.416 e. The Morgan fingerprint density at radius 2 is 1.77 bits per heavy atom. The van der Waals surface area contributed by atoms with Crippen molar-refractivity contribution < 1.29 is 22.4 Å². The van der Waals surface area contributed by atoms with E-state index < -0.39 is 17.8 Å². The van der Waals surface area contributed by atoms with Gasteiger partial charge in [0.05, 0.1) is 11.6 Å². The van der Waals surface area contributed by atoms with Gasteiger partial charge >= 0.3 is 6.18 Å². The van der Waals surface area contributed by atoms with E-state index in [1.807, 2.05) is 4.90 Å². The quantitative estimate of drug-likeness (QED) is 0.623. The van der Waals surface area contributed by atoms with Gasteiger partial charge in [-0.2, -0.15) is 13.2 Å². The van der Waals surface area contributed by atoms with Crippen LogP contribution >= 0.6 is 24.8 Å². The topological polar surface area (TPSA) is 58.4 Å². The summed E-state index contributed by atoms with van der Waals surface area (Å²) in [4.78, 5) is 14.6. The van der Waals surface area contributed by atoms with Crippen LogP contribution in [-0.4, -0.2) is 23.4 Å². The molecule has 0 radical (unpaired) electrons. The Morgan fingerprint density at radius 1 is 1.10 bits per heavy atom. The highest BCUT2D eigenvalue weighted by Crippen LogP contribution is 2.32. The third kappa shape index (κ3) is 6.57. The van der Waals surface area contributed by atoms with Crippen LogP contribution in [0.5, 0.6) is 0 Å². The predicted molar refractivity (Wildman–Crippen MR) is 112 cm³/mol. The van der Waals surface area contributed by atoms with Crippen LogP contribution in [0.1, 0.15) is 29.5 Å². The number of anilines is 1. The van der Waals surface area contributed by atoms with Crippen LogP contribution in [-0.2, 0) is 24.1 Å². The molecule has 1 fully saturated rings. The summed E-state index contributed by atoms with van der Waals surface area (Å²) >= 11 is 0. The molecule has 10 heteroatoms. The molecule has 4 nitrogen and oxygen atoms in total. The maximum Gasteiger partial charge on any atom is 0.416 e. The highest BCUT2D eigenvalue weighted by atomic mass is 35.5. The summed E-state index contributed by atoms with van der Waals surface area (Å²) in [6, 6.07) is 8.91. The van der Waals surface area contributed by atoms with Gasteiger partial charge < -0.3 is 11.1 Å². The summed E-state index contributed by atoms with van der Waals surface area (Å²) in [5.74, 6) is -0.693. The van der Waals surface area contributed by atoms with Crippen molar-refractivity contribution in [2.75, 3.05) is 11.9 Å². The molecule has 2 aromatic rings. The summed E-state index contributed by atoms with van der Waals surface area (Å²) in [7, 11) is 0. The molecule has 30 heavy (non-hydrogen) atoms. The molecule has 0 aliphatic carbocycles. The molecule has 1 aliphatic heterocycles. The average Bonchev–Trinajstić information content (AvgIpc) is 3.11. The van der Waals surface area contributed by atoms with Crippen LogP contribution in [0, 0.1) is 5.82 Å². The lowest BCUT2D eigenvalue weighted by Gasteiger charge is -2.24. The fourth-order valence-corrected chi connectivity index (χ4v) is 3.41. The molecule has 0 aromatic heterocycles. The normalized spacial score (nSPS) is 16.5. The van der Waals surface area contributed by atoms with Crippen molar-refractivity contribution in [2.45, 2.75) is 38.1 Å². The third-order valence-electron chi connectivity index (χ3n) is 4.79. The van der Waals surface area contributed by atoms with Crippen molar-refractivity contribution >= 4 is 36.4 Å². The van der Waals surface area contributed by atoms with Crippen LogP contribution in [0.3, 0.4) is 0 Å². The molecule has 1 heterocycles. The Morgan fingerprint density at radius 3 is 2.37 bits per heavy atom. The first kappa shape index (κ1) is 26.2. The molecule has 1 unspecified atom stereocenters. The number of rotatable bonds is 5. The number of halogens is 6. The Bertz CT molecular complexity index is 847. The Labute approximate surface area is 184 Å². The van der Waals surface area contributed by atoms with Crippen molar-refractivity contribution in [1.82, 2.24) is 4.90 Å². The zero-order valence-electron chi connectivity index (χ0n) is 15.9. The van der Waals surface area contributed by atoms with Crippen LogP contribution in [0.15, 0.2) is 42.5 Å². The van der Waals surface area contributed by atoms with Gasteiger partial charge in [-0.05, 0) is 60.8 Å². The Balaban J connectivity index is 0.00000225. The molecular weight excluding hydrogens is 445 g/mol. The number of likely N-dealkylation sites (tertiary alicyclic amines) is 1. The molecule has 166 valence electrons. The van der Waals surface area contributed by atoms with E-state index in [2.05, 4.69) is 5.32 Å². The molecule has 1 saturated heterocycles. The number of nitrogens with zero attached hydrogens (tertiary/aromatic N) is 1. The number of nitrogens with two attached hydrogens (primary N) is 1. The van der Waals surface area contributed by atoms with Gasteiger partial charge in [0.25, 0.3) is 0 Å². The second-order valence-corrected chi connectivity index (χ2v) is 6.86. The van der Waals surface area contributed by atoms with Gasteiger partial charge in [-0.1, -0.05) is 12.1 Å². The molecule has 2 aromatic carbocycles. The van der Waals surface area contributed by atoms with Crippen LogP contribution in [0.4, 0.5) is 23.2 Å². The van der Waals surface area contributed by atoms with E-state index in [-0.39, 0.29) is 48.8 Å². The standard InChI is InChI=1S/C20H21F4N3O.2ClH/c21-16-5-3-13(4-6-16)12-27-7-1-2-18(27)19(28)26-17-9-14(11-25)8-15(10-17)20(22,23)24;;/h3-6,8-10,18H,1-2,7,11-12,25H2,(H,26,28);2*1H. The smallest absolute Gasteiger partial charge is 0.326 e. The van der Waals surface area contributed by atoms with Gasteiger partial charge in [0, 0.05) is 18.8 Å². The minimum Gasteiger partial charge on any atom is -0.326 e. The highest BCUT2D eigenvalue weighted by molar-refractivity contribution is 5.95. The molecule has 0 bridgehead atoms. The summed E-state index contributed by atoms with van der Waals surface area (Å²) in [6.07, 6.45) is -3.11. The summed E-state index contributed by atoms with van der Waals surface area (Å²) < 4.78 is 52.3. The summed E-state index contributed by atoms with van der Waals surface area (Å²) in [6.45, 7) is 1.09. The van der Waals surface area contributed by atoms with E-state index in [1.54, 1.807) is 12.1 Å². The van der Waals surface area contributed by atoms with Gasteiger partial charge in [-0.15, -0.1) is 24.8 Å². The molecule has 1 atom stereocenters. The zero-order valence-corrected chi connectivity index (χ0v) is 17.5. The number of carbonyl (C=O) groups excluding carboxylic acids is 1. The van der Waals surface area contributed by atoms with Crippen molar-refractivity contribution in [3.8, 4) is 0 Å². The first-order chi connectivity index (χ1) is 13.3. The average molecular weight is 468 g/mol. The molecule has 3 N–H and O–H groups in total. The summed E-state index contributed by atoms with van der Waals surface area (Å²) in [5, 5.41) is 2.60. The number of amides is 1. The first-order valence-electron chi connectivity index (χ1n) is 8.97. The SMILES string of the molecule is Cl.Cl.NCc1cc(NC(=O)C2CCCN2Cc2ccc(F)cc2)cc(C(F)(F)F)c1. The van der Waals surface area contributed by atoms with E-state index in [0.29, 0.717) is 25.1 Å². The van der Waals surface area contributed by atoms with E-state index in [0.717, 1.165) is 24.1 Å². The fourth-order valence-electron chi connectivity index (χ4n) is 3.41. The molecule has 3 rings (SSSR count). The minimum atomic E-state index is -4.52. The maximum absolute atomic E-state index is 13.1. The number of hydrogen-bond donors (Lipinski definition) is 2. The molecule has 0 spiro atoms. The third-order valence-corrected chi connectivity index (χ3v) is 4.79. The lowest BCUT2D eigenvalue weighted by molar-refractivity contribution is -0.137. The first-order valence-corrected chi connectivity index (χ1v) is 8.97. The van der Waals surface area contributed by atoms with Crippen molar-refractivity contribution in [3.63, 3.8) is 0 Å². The van der Waals surface area contributed by atoms with E-state index >= 15 is 0 Å². The second-order valence-electron chi connectivity index (χ2n) is 6.86. The predicted octanol–water partition coefficient (Wildman–Crippen LogP) is 4.75. The molecular formula is C20H23Cl2F4N3O. The number of alkyl halides is 3. The van der Waals surface area contributed by atoms with Gasteiger partial charge in [0.2, 0.25) is 5.91 Å². The van der Waals surface area contributed by atoms with Gasteiger partial charge in [-0.25, -0.2) is 4.39 Å². The van der Waals surface area contributed by atoms with Crippen LogP contribution < -0.4 is 11.1 Å². The lowest BCUT2D eigenvalue weighted by Crippen LogP contribution is -2.39. The molecule has 0 saturated carbocycles. The zero-order chi connectivity index (χ0) is 20.3. The van der Waals surface area contributed by atoms with Crippen molar-refractivity contribution in [3.05, 3.63) is 65.0 Å². The monoisotopic (exact) mass is 467 g/mol.